The minimum absolute atomic E-state index is 0.428. The summed E-state index contributed by atoms with van der Waals surface area (Å²) in [5.41, 5.74) is 0.823. The molecule has 18 heavy (non-hydrogen) atoms. The van der Waals surface area contributed by atoms with Gasteiger partial charge in [-0.25, -0.2) is 8.42 Å². The Bertz CT molecular complexity index is 524. The molecule has 1 aromatic carbocycles. The average Bonchev–Trinajstić information content (AvgIpc) is 2.33. The fraction of sp³-hybridized carbons (Fsp3) is 0.571. The van der Waals surface area contributed by atoms with Gasteiger partial charge >= 0.3 is 0 Å². The molecule has 0 amide bonds. The molecule has 0 bridgehead atoms. The first kappa shape index (κ1) is 13.6. The van der Waals surface area contributed by atoms with Crippen LogP contribution in [0.1, 0.15) is 25.8 Å². The highest BCUT2D eigenvalue weighted by atomic mass is 32.2. The van der Waals surface area contributed by atoms with Crippen molar-refractivity contribution in [2.24, 2.45) is 11.8 Å². The van der Waals surface area contributed by atoms with E-state index in [4.69, 9.17) is 0 Å². The van der Waals surface area contributed by atoms with Crippen molar-refractivity contribution in [2.75, 3.05) is 13.1 Å². The van der Waals surface area contributed by atoms with Crippen LogP contribution in [0.2, 0.25) is 0 Å². The summed E-state index contributed by atoms with van der Waals surface area (Å²) in [5.74, 6) is 1.03. The quantitative estimate of drug-likeness (QED) is 0.826. The van der Waals surface area contributed by atoms with Gasteiger partial charge in [0.15, 0.2) is 0 Å². The van der Waals surface area contributed by atoms with Gasteiger partial charge in [0, 0.05) is 13.1 Å². The Morgan fingerprint density at radius 2 is 1.83 bits per heavy atom. The molecule has 1 aliphatic rings. The third-order valence-electron chi connectivity index (χ3n) is 4.01. The number of hydrogen-bond donors (Lipinski definition) is 0. The maximum Gasteiger partial charge on any atom is 0.243 e. The first-order valence-corrected chi connectivity index (χ1v) is 7.92. The van der Waals surface area contributed by atoms with E-state index in [1.807, 2.05) is 19.1 Å². The molecule has 2 atom stereocenters. The predicted octanol–water partition coefficient (Wildman–Crippen LogP) is 2.66. The van der Waals surface area contributed by atoms with Gasteiger partial charge in [0.2, 0.25) is 10.0 Å². The second-order valence-corrected chi connectivity index (χ2v) is 7.28. The summed E-state index contributed by atoms with van der Waals surface area (Å²) in [5, 5.41) is 0. The van der Waals surface area contributed by atoms with Crippen LogP contribution >= 0.6 is 0 Å². The lowest BCUT2D eigenvalue weighted by atomic mass is 9.90. The zero-order chi connectivity index (χ0) is 13.3. The highest BCUT2D eigenvalue weighted by Crippen LogP contribution is 2.28. The predicted molar refractivity (Wildman–Crippen MR) is 72.9 cm³/mol. The third kappa shape index (κ3) is 2.45. The summed E-state index contributed by atoms with van der Waals surface area (Å²) < 4.78 is 26.8. The van der Waals surface area contributed by atoms with Gasteiger partial charge in [-0.2, -0.15) is 4.31 Å². The molecule has 0 saturated carbocycles. The molecule has 100 valence electrons. The molecular formula is C14H21NO2S. The summed E-state index contributed by atoms with van der Waals surface area (Å²) >= 11 is 0. The SMILES string of the molecule is Cc1ccccc1S(=O)(=O)N1CCC(C)C(C)C1. The van der Waals surface area contributed by atoms with Gasteiger partial charge in [-0.05, 0) is 36.8 Å². The summed E-state index contributed by atoms with van der Waals surface area (Å²) in [7, 11) is -3.32. The fourth-order valence-corrected chi connectivity index (χ4v) is 4.21. The van der Waals surface area contributed by atoms with E-state index in [-0.39, 0.29) is 0 Å². The number of aryl methyl sites for hydroxylation is 1. The lowest BCUT2D eigenvalue weighted by molar-refractivity contribution is 0.212. The van der Waals surface area contributed by atoms with Gasteiger partial charge < -0.3 is 0 Å². The number of rotatable bonds is 2. The monoisotopic (exact) mass is 267 g/mol. The Balaban J connectivity index is 2.30. The summed E-state index contributed by atoms with van der Waals surface area (Å²) in [6, 6.07) is 7.21. The first-order chi connectivity index (χ1) is 8.43. The lowest BCUT2D eigenvalue weighted by Crippen LogP contribution is -2.42. The highest BCUT2D eigenvalue weighted by molar-refractivity contribution is 7.89. The largest absolute Gasteiger partial charge is 0.243 e. The van der Waals surface area contributed by atoms with Crippen molar-refractivity contribution >= 4 is 10.0 Å². The minimum atomic E-state index is -3.32. The molecule has 1 saturated heterocycles. The van der Waals surface area contributed by atoms with E-state index in [0.29, 0.717) is 29.8 Å². The van der Waals surface area contributed by atoms with Crippen LogP contribution in [-0.2, 0) is 10.0 Å². The number of hydrogen-bond acceptors (Lipinski definition) is 2. The Morgan fingerprint density at radius 3 is 2.44 bits per heavy atom. The second-order valence-electron chi connectivity index (χ2n) is 5.37. The topological polar surface area (TPSA) is 37.4 Å². The molecule has 3 nitrogen and oxygen atoms in total. The van der Waals surface area contributed by atoms with Gasteiger partial charge in [-0.3, -0.25) is 0 Å². The molecule has 4 heteroatoms. The van der Waals surface area contributed by atoms with Crippen molar-refractivity contribution in [3.8, 4) is 0 Å². The van der Waals surface area contributed by atoms with E-state index >= 15 is 0 Å². The van der Waals surface area contributed by atoms with Crippen molar-refractivity contribution in [2.45, 2.75) is 32.1 Å². The number of piperidine rings is 1. The van der Waals surface area contributed by atoms with Crippen LogP contribution in [0.5, 0.6) is 0 Å². The number of sulfonamides is 1. The molecule has 1 aliphatic heterocycles. The van der Waals surface area contributed by atoms with Crippen LogP contribution in [0.25, 0.3) is 0 Å². The average molecular weight is 267 g/mol. The number of nitrogens with zero attached hydrogens (tertiary/aromatic N) is 1. The third-order valence-corrected chi connectivity index (χ3v) is 6.03. The highest BCUT2D eigenvalue weighted by Gasteiger charge is 2.32. The van der Waals surface area contributed by atoms with Crippen molar-refractivity contribution in [1.82, 2.24) is 4.31 Å². The van der Waals surface area contributed by atoms with Crippen molar-refractivity contribution in [3.63, 3.8) is 0 Å². The summed E-state index contributed by atoms with van der Waals surface area (Å²) in [4.78, 5) is 0.451. The Labute approximate surface area is 110 Å². The van der Waals surface area contributed by atoms with Gasteiger partial charge in [0.05, 0.1) is 4.90 Å². The lowest BCUT2D eigenvalue weighted by Gasteiger charge is -2.34. The smallest absolute Gasteiger partial charge is 0.207 e. The van der Waals surface area contributed by atoms with Gasteiger partial charge in [-0.15, -0.1) is 0 Å². The molecule has 0 radical (unpaired) electrons. The summed E-state index contributed by atoms with van der Waals surface area (Å²) in [6.45, 7) is 7.45. The molecule has 0 aliphatic carbocycles. The van der Waals surface area contributed by atoms with Crippen LogP contribution in [-0.4, -0.2) is 25.8 Å². The normalized spacial score (nSPS) is 26.2. The molecule has 1 heterocycles. The Kier molecular flexibility index (Phi) is 3.78. The van der Waals surface area contributed by atoms with Crippen molar-refractivity contribution < 1.29 is 8.42 Å². The van der Waals surface area contributed by atoms with E-state index in [2.05, 4.69) is 13.8 Å². The standard InChI is InChI=1S/C14H21NO2S/c1-11-8-9-15(10-13(11)3)18(16,17)14-7-5-4-6-12(14)2/h4-7,11,13H,8-10H2,1-3H3. The van der Waals surface area contributed by atoms with Crippen LogP contribution < -0.4 is 0 Å². The minimum Gasteiger partial charge on any atom is -0.207 e. The van der Waals surface area contributed by atoms with Crippen molar-refractivity contribution in [3.05, 3.63) is 29.8 Å². The van der Waals surface area contributed by atoms with Crippen LogP contribution in [0.4, 0.5) is 0 Å². The van der Waals surface area contributed by atoms with Gasteiger partial charge in [0.25, 0.3) is 0 Å². The van der Waals surface area contributed by atoms with Gasteiger partial charge in [0.1, 0.15) is 0 Å². The number of benzene rings is 1. The van der Waals surface area contributed by atoms with E-state index in [9.17, 15) is 8.42 Å². The first-order valence-electron chi connectivity index (χ1n) is 6.48. The van der Waals surface area contributed by atoms with Gasteiger partial charge in [-0.1, -0.05) is 32.0 Å². The maximum absolute atomic E-state index is 12.6. The van der Waals surface area contributed by atoms with E-state index in [0.717, 1.165) is 12.0 Å². The molecule has 2 unspecified atom stereocenters. The van der Waals surface area contributed by atoms with E-state index in [1.54, 1.807) is 16.4 Å². The van der Waals surface area contributed by atoms with E-state index < -0.39 is 10.0 Å². The van der Waals surface area contributed by atoms with Crippen LogP contribution in [0.3, 0.4) is 0 Å². The van der Waals surface area contributed by atoms with E-state index in [1.165, 1.54) is 0 Å². The molecule has 0 spiro atoms. The molecule has 0 N–H and O–H groups in total. The molecule has 2 rings (SSSR count). The molecular weight excluding hydrogens is 246 g/mol. The molecule has 0 aromatic heterocycles. The molecule has 1 fully saturated rings. The fourth-order valence-electron chi connectivity index (χ4n) is 2.43. The van der Waals surface area contributed by atoms with Crippen molar-refractivity contribution in [1.29, 1.82) is 0 Å². The second kappa shape index (κ2) is 5.02. The Hall–Kier alpha value is -0.870. The zero-order valence-electron chi connectivity index (χ0n) is 11.3. The zero-order valence-corrected chi connectivity index (χ0v) is 12.1. The maximum atomic E-state index is 12.6. The van der Waals surface area contributed by atoms with Crippen LogP contribution in [0.15, 0.2) is 29.2 Å². The summed E-state index contributed by atoms with van der Waals surface area (Å²) in [6.07, 6.45) is 0.951. The molecule has 1 aromatic rings. The Morgan fingerprint density at radius 1 is 1.17 bits per heavy atom. The van der Waals surface area contributed by atoms with Crippen LogP contribution in [0, 0.1) is 18.8 Å².